The maximum absolute atomic E-state index is 12.5. The molecule has 0 saturated carbocycles. The lowest BCUT2D eigenvalue weighted by atomic mass is 10.0. The quantitative estimate of drug-likeness (QED) is 0.376. The first-order valence-corrected chi connectivity index (χ1v) is 10.6. The largest absolute Gasteiger partial charge is 0.489 e. The minimum absolute atomic E-state index is 0.0420. The van der Waals surface area contributed by atoms with E-state index < -0.39 is 6.04 Å². The van der Waals surface area contributed by atoms with Crippen LogP contribution in [0.1, 0.15) is 29.2 Å². The average molecular weight is 427 g/mol. The second-order valence-corrected chi connectivity index (χ2v) is 7.47. The number of benzene rings is 3. The van der Waals surface area contributed by atoms with Crippen molar-refractivity contribution in [1.82, 2.24) is 16.3 Å². The Kier molecular flexibility index (Phi) is 7.42. The van der Waals surface area contributed by atoms with E-state index in [0.717, 1.165) is 22.4 Å². The van der Waals surface area contributed by atoms with Crippen molar-refractivity contribution in [2.75, 3.05) is 0 Å². The van der Waals surface area contributed by atoms with Crippen molar-refractivity contribution < 1.29 is 9.53 Å². The predicted molar refractivity (Wildman–Crippen MR) is 127 cm³/mol. The van der Waals surface area contributed by atoms with Crippen molar-refractivity contribution in [1.29, 1.82) is 0 Å². The first-order chi connectivity index (χ1) is 15.8. The Hall–Kier alpha value is -3.74. The molecule has 32 heavy (non-hydrogen) atoms. The van der Waals surface area contributed by atoms with Crippen LogP contribution in [0, 0.1) is 0 Å². The van der Waals surface area contributed by atoms with Crippen LogP contribution in [0.4, 0.5) is 0 Å². The van der Waals surface area contributed by atoms with E-state index in [0.29, 0.717) is 13.0 Å². The van der Waals surface area contributed by atoms with Gasteiger partial charge in [-0.25, -0.2) is 16.3 Å². The van der Waals surface area contributed by atoms with Crippen LogP contribution in [0.3, 0.4) is 0 Å². The molecule has 0 aromatic heterocycles. The molecule has 4 rings (SSSR count). The summed E-state index contributed by atoms with van der Waals surface area (Å²) in [5.41, 5.74) is 12.1. The van der Waals surface area contributed by atoms with Crippen LogP contribution >= 0.6 is 0 Å². The highest BCUT2D eigenvalue weighted by Gasteiger charge is 2.31. The lowest BCUT2D eigenvalue weighted by Gasteiger charge is -2.16. The molecule has 0 bridgehead atoms. The zero-order valence-corrected chi connectivity index (χ0v) is 17.6. The van der Waals surface area contributed by atoms with Crippen LogP contribution in [0.15, 0.2) is 96.1 Å². The normalized spacial score (nSPS) is 18.2. The lowest BCUT2D eigenvalue weighted by molar-refractivity contribution is -0.122. The highest BCUT2D eigenvalue weighted by atomic mass is 16.5. The first kappa shape index (κ1) is 21.5. The number of hydrogen-bond acceptors (Lipinski definition) is 5. The van der Waals surface area contributed by atoms with E-state index in [-0.39, 0.29) is 11.9 Å². The molecule has 2 unspecified atom stereocenters. The van der Waals surface area contributed by atoms with Crippen LogP contribution in [0.2, 0.25) is 0 Å². The summed E-state index contributed by atoms with van der Waals surface area (Å²) in [6.07, 6.45) is 5.87. The molecule has 1 amide bonds. The van der Waals surface area contributed by atoms with Gasteiger partial charge in [0.05, 0.1) is 6.04 Å². The maximum Gasteiger partial charge on any atom is 0.258 e. The number of hydrazone groups is 1. The molecular weight excluding hydrogens is 400 g/mol. The third-order valence-corrected chi connectivity index (χ3v) is 5.17. The number of hydrogen-bond donors (Lipinski definition) is 3. The Morgan fingerprint density at radius 1 is 0.969 bits per heavy atom. The summed E-state index contributed by atoms with van der Waals surface area (Å²) < 4.78 is 6.06. The van der Waals surface area contributed by atoms with Crippen LogP contribution in [0.25, 0.3) is 6.08 Å². The van der Waals surface area contributed by atoms with Crippen molar-refractivity contribution >= 4 is 18.2 Å². The van der Waals surface area contributed by atoms with Gasteiger partial charge >= 0.3 is 0 Å². The third-order valence-electron chi connectivity index (χ3n) is 5.17. The van der Waals surface area contributed by atoms with Gasteiger partial charge in [0.25, 0.3) is 5.91 Å². The number of nitrogens with zero attached hydrogens (tertiary/aromatic N) is 1. The Morgan fingerprint density at radius 3 is 2.50 bits per heavy atom. The van der Waals surface area contributed by atoms with Crippen molar-refractivity contribution in [3.05, 3.63) is 108 Å². The van der Waals surface area contributed by atoms with Crippen LogP contribution in [-0.2, 0) is 11.4 Å². The molecule has 1 aliphatic rings. The molecule has 1 saturated heterocycles. The van der Waals surface area contributed by atoms with Gasteiger partial charge in [-0.05, 0) is 29.7 Å². The molecule has 2 atom stereocenters. The van der Waals surface area contributed by atoms with E-state index in [1.165, 1.54) is 0 Å². The molecule has 6 heteroatoms. The number of para-hydroxylation sites is 1. The number of carbonyl (C=O) groups is 1. The predicted octanol–water partition coefficient (Wildman–Crippen LogP) is 3.99. The number of amides is 1. The lowest BCUT2D eigenvalue weighted by Crippen LogP contribution is -2.41. The van der Waals surface area contributed by atoms with E-state index >= 15 is 0 Å². The Labute approximate surface area is 188 Å². The second-order valence-electron chi connectivity index (χ2n) is 7.47. The van der Waals surface area contributed by atoms with E-state index in [9.17, 15) is 4.79 Å². The molecule has 6 nitrogen and oxygen atoms in total. The smallest absolute Gasteiger partial charge is 0.258 e. The maximum atomic E-state index is 12.5. The SMILES string of the molecule is O=C(N/N=C/C=C/c1ccccc1)C1CC(c2ccccc2OCc2ccccc2)NN1. The van der Waals surface area contributed by atoms with Gasteiger partial charge in [0.15, 0.2) is 0 Å². The van der Waals surface area contributed by atoms with Gasteiger partial charge in [-0.3, -0.25) is 4.79 Å². The average Bonchev–Trinajstić information content (AvgIpc) is 3.34. The van der Waals surface area contributed by atoms with Gasteiger partial charge in [0.2, 0.25) is 0 Å². The number of ether oxygens (including phenoxy) is 1. The highest BCUT2D eigenvalue weighted by molar-refractivity contribution is 5.84. The molecule has 1 aliphatic heterocycles. The summed E-state index contributed by atoms with van der Waals surface area (Å²) in [7, 11) is 0. The summed E-state index contributed by atoms with van der Waals surface area (Å²) >= 11 is 0. The van der Waals surface area contributed by atoms with E-state index in [2.05, 4.69) is 21.4 Å². The van der Waals surface area contributed by atoms with Gasteiger partial charge in [-0.15, -0.1) is 0 Å². The molecule has 0 spiro atoms. The minimum Gasteiger partial charge on any atom is -0.489 e. The van der Waals surface area contributed by atoms with Gasteiger partial charge in [0, 0.05) is 11.8 Å². The number of hydrazine groups is 1. The minimum atomic E-state index is -0.391. The Bertz CT molecular complexity index is 1070. The molecular formula is C26H26N4O2. The van der Waals surface area contributed by atoms with Crippen molar-refractivity contribution in [3.8, 4) is 5.75 Å². The van der Waals surface area contributed by atoms with Crippen molar-refractivity contribution in [2.24, 2.45) is 5.10 Å². The van der Waals surface area contributed by atoms with E-state index in [1.807, 2.05) is 91.0 Å². The molecule has 162 valence electrons. The first-order valence-electron chi connectivity index (χ1n) is 10.6. The number of allylic oxidation sites excluding steroid dienone is 1. The number of carbonyl (C=O) groups excluding carboxylic acids is 1. The Morgan fingerprint density at radius 2 is 1.69 bits per heavy atom. The molecule has 3 N–H and O–H groups in total. The van der Waals surface area contributed by atoms with Crippen molar-refractivity contribution in [2.45, 2.75) is 25.1 Å². The summed E-state index contributed by atoms with van der Waals surface area (Å²) in [5, 5.41) is 4.01. The van der Waals surface area contributed by atoms with Gasteiger partial charge in [-0.2, -0.15) is 5.10 Å². The zero-order chi connectivity index (χ0) is 22.0. The Balaban J connectivity index is 1.30. The fourth-order valence-electron chi connectivity index (χ4n) is 3.51. The molecule has 1 heterocycles. The van der Waals surface area contributed by atoms with Gasteiger partial charge in [-0.1, -0.05) is 84.9 Å². The van der Waals surface area contributed by atoms with Crippen molar-refractivity contribution in [3.63, 3.8) is 0 Å². The van der Waals surface area contributed by atoms with E-state index in [4.69, 9.17) is 4.74 Å². The highest BCUT2D eigenvalue weighted by Crippen LogP contribution is 2.30. The molecule has 0 radical (unpaired) electrons. The topological polar surface area (TPSA) is 74.8 Å². The molecule has 0 aliphatic carbocycles. The summed E-state index contributed by atoms with van der Waals surface area (Å²) in [6, 6.07) is 27.4. The molecule has 1 fully saturated rings. The number of rotatable bonds is 8. The summed E-state index contributed by atoms with van der Waals surface area (Å²) in [4.78, 5) is 12.5. The zero-order valence-electron chi connectivity index (χ0n) is 17.6. The number of nitrogens with one attached hydrogen (secondary N) is 3. The summed E-state index contributed by atoms with van der Waals surface area (Å²) in [6.45, 7) is 0.493. The van der Waals surface area contributed by atoms with Gasteiger partial charge in [0.1, 0.15) is 18.4 Å². The van der Waals surface area contributed by atoms with Crippen LogP contribution < -0.4 is 21.0 Å². The van der Waals surface area contributed by atoms with E-state index in [1.54, 1.807) is 12.3 Å². The fourth-order valence-corrected chi connectivity index (χ4v) is 3.51. The third kappa shape index (κ3) is 5.91. The van der Waals surface area contributed by atoms with Crippen LogP contribution in [0.5, 0.6) is 5.75 Å². The molecule has 3 aromatic rings. The van der Waals surface area contributed by atoms with Crippen LogP contribution in [-0.4, -0.2) is 18.2 Å². The molecule has 3 aromatic carbocycles. The second kappa shape index (κ2) is 11.0. The standard InChI is InChI=1S/C26H26N4O2/c31-26(30-27-17-9-14-20-10-3-1-4-11-20)24-18-23(28-29-24)22-15-7-8-16-25(22)32-19-21-12-5-2-6-13-21/h1-17,23-24,28-29H,18-19H2,(H,30,31)/b14-9+,27-17+. The fraction of sp³-hybridized carbons (Fsp3) is 0.154. The van der Waals surface area contributed by atoms with Gasteiger partial charge < -0.3 is 4.74 Å². The summed E-state index contributed by atoms with van der Waals surface area (Å²) in [5.74, 6) is 0.618. The monoisotopic (exact) mass is 426 g/mol.